The summed E-state index contributed by atoms with van der Waals surface area (Å²) >= 11 is 1.65. The number of aryl methyl sites for hydroxylation is 5. The highest BCUT2D eigenvalue weighted by Gasteiger charge is 2.32. The van der Waals surface area contributed by atoms with Gasteiger partial charge in [0.05, 0.1) is 10.6 Å². The second-order valence-electron chi connectivity index (χ2n) is 9.66. The van der Waals surface area contributed by atoms with Crippen LogP contribution in [0.5, 0.6) is 0 Å². The maximum Gasteiger partial charge on any atom is 0.243 e. The highest BCUT2D eigenvalue weighted by Crippen LogP contribution is 2.31. The number of nitrogens with zero attached hydrogens (tertiary/aromatic N) is 3. The fourth-order valence-corrected chi connectivity index (χ4v) is 7.89. The second-order valence-corrected chi connectivity index (χ2v) is 12.4. The first-order valence-electron chi connectivity index (χ1n) is 11.8. The summed E-state index contributed by atoms with van der Waals surface area (Å²) < 4.78 is 28.8. The maximum absolute atomic E-state index is 13.6. The van der Waals surface area contributed by atoms with Gasteiger partial charge in [-0.2, -0.15) is 4.31 Å². The van der Waals surface area contributed by atoms with Crippen LogP contribution in [-0.4, -0.2) is 43.9 Å². The molecule has 5 nitrogen and oxygen atoms in total. The first kappa shape index (κ1) is 24.9. The van der Waals surface area contributed by atoms with Crippen molar-refractivity contribution in [3.63, 3.8) is 0 Å². The van der Waals surface area contributed by atoms with Gasteiger partial charge in [0.25, 0.3) is 0 Å². The van der Waals surface area contributed by atoms with Crippen molar-refractivity contribution in [2.75, 3.05) is 31.1 Å². The Hall–Kier alpha value is -2.22. The lowest BCUT2D eigenvalue weighted by molar-refractivity contribution is 0.384. The van der Waals surface area contributed by atoms with Gasteiger partial charge < -0.3 is 4.90 Å². The molecular weight excluding hydrogens is 462 g/mol. The molecule has 7 heteroatoms. The Morgan fingerprint density at radius 2 is 1.38 bits per heavy atom. The van der Waals surface area contributed by atoms with Crippen LogP contribution in [-0.2, 0) is 16.4 Å². The van der Waals surface area contributed by atoms with Crippen molar-refractivity contribution in [1.82, 2.24) is 9.29 Å². The molecule has 4 rings (SSSR count). The number of aromatic nitrogens is 1. The van der Waals surface area contributed by atoms with E-state index in [9.17, 15) is 8.42 Å². The molecule has 2 aromatic carbocycles. The van der Waals surface area contributed by atoms with E-state index in [4.69, 9.17) is 4.98 Å². The molecule has 182 valence electrons. The summed E-state index contributed by atoms with van der Waals surface area (Å²) in [6, 6.07) is 6.53. The fraction of sp³-hybridized carbons (Fsp3) is 0.444. The van der Waals surface area contributed by atoms with Crippen LogP contribution < -0.4 is 4.90 Å². The minimum Gasteiger partial charge on any atom is -0.345 e. The SMILES string of the molecule is Cc1cc(C)c(Cc2csc(N3CCN(S(=O)(=O)c4c(C)c(C)cc(C)c4C)CC3)n2)c(C)c1. The van der Waals surface area contributed by atoms with E-state index in [1.54, 1.807) is 15.6 Å². The predicted octanol–water partition coefficient (Wildman–Crippen LogP) is 5.40. The Balaban J connectivity index is 1.48. The van der Waals surface area contributed by atoms with Crippen molar-refractivity contribution in [1.29, 1.82) is 0 Å². The van der Waals surface area contributed by atoms with Gasteiger partial charge in [-0.05, 0) is 87.4 Å². The topological polar surface area (TPSA) is 53.5 Å². The van der Waals surface area contributed by atoms with E-state index in [-0.39, 0.29) is 0 Å². The van der Waals surface area contributed by atoms with Gasteiger partial charge in [-0.1, -0.05) is 23.8 Å². The standard InChI is InChI=1S/C27H35N3O2S2/c1-17-12-20(4)25(21(5)13-17)15-24-16-33-27(28-24)29-8-10-30(11-9-29)34(31,32)26-22(6)18(2)14-19(3)23(26)7/h12-14,16H,8-11,15H2,1-7H3. The third-order valence-electron chi connectivity index (χ3n) is 7.14. The molecule has 34 heavy (non-hydrogen) atoms. The molecule has 0 bridgehead atoms. The predicted molar refractivity (Wildman–Crippen MR) is 142 cm³/mol. The van der Waals surface area contributed by atoms with Crippen LogP contribution in [0.3, 0.4) is 0 Å². The van der Waals surface area contributed by atoms with E-state index in [0.717, 1.165) is 39.5 Å². The maximum atomic E-state index is 13.6. The minimum atomic E-state index is -3.53. The molecule has 1 fully saturated rings. The molecular formula is C27H35N3O2S2. The number of hydrogen-bond donors (Lipinski definition) is 0. The van der Waals surface area contributed by atoms with Gasteiger partial charge in [0, 0.05) is 38.0 Å². The minimum absolute atomic E-state index is 0.472. The Labute approximate surface area is 208 Å². The van der Waals surface area contributed by atoms with E-state index >= 15 is 0 Å². The zero-order chi connectivity index (χ0) is 24.8. The molecule has 1 aromatic heterocycles. The van der Waals surface area contributed by atoms with Crippen LogP contribution in [0.25, 0.3) is 0 Å². The van der Waals surface area contributed by atoms with E-state index < -0.39 is 10.0 Å². The van der Waals surface area contributed by atoms with Crippen molar-refractivity contribution in [2.45, 2.75) is 59.8 Å². The largest absolute Gasteiger partial charge is 0.345 e. The van der Waals surface area contributed by atoms with Gasteiger partial charge >= 0.3 is 0 Å². The van der Waals surface area contributed by atoms with E-state index in [0.29, 0.717) is 31.1 Å². The van der Waals surface area contributed by atoms with Crippen LogP contribution in [0.1, 0.15) is 50.2 Å². The van der Waals surface area contributed by atoms with Crippen molar-refractivity contribution in [3.05, 3.63) is 73.8 Å². The quantitative estimate of drug-likeness (QED) is 0.473. The number of rotatable bonds is 5. The third kappa shape index (κ3) is 4.66. The molecule has 0 radical (unpaired) electrons. The number of thiazole rings is 1. The molecule has 3 aromatic rings. The molecule has 1 aliphatic rings. The van der Waals surface area contributed by atoms with E-state index in [1.807, 2.05) is 27.7 Å². The molecule has 0 spiro atoms. The number of hydrogen-bond acceptors (Lipinski definition) is 5. The van der Waals surface area contributed by atoms with Crippen LogP contribution in [0.2, 0.25) is 0 Å². The molecule has 1 aliphatic heterocycles. The van der Waals surface area contributed by atoms with Crippen LogP contribution in [0.4, 0.5) is 5.13 Å². The highest BCUT2D eigenvalue weighted by molar-refractivity contribution is 7.89. The Bertz CT molecular complexity index is 1280. The van der Waals surface area contributed by atoms with Crippen molar-refractivity contribution >= 4 is 26.5 Å². The lowest BCUT2D eigenvalue weighted by atomic mass is 9.96. The summed E-state index contributed by atoms with van der Waals surface area (Å²) in [6.45, 7) is 16.5. The van der Waals surface area contributed by atoms with Gasteiger partial charge in [-0.3, -0.25) is 0 Å². The average molecular weight is 498 g/mol. The summed E-state index contributed by atoms with van der Waals surface area (Å²) in [5.74, 6) is 0. The molecule has 0 aliphatic carbocycles. The third-order valence-corrected chi connectivity index (χ3v) is 10.3. The van der Waals surface area contributed by atoms with E-state index in [1.165, 1.54) is 22.3 Å². The first-order valence-corrected chi connectivity index (χ1v) is 14.1. The zero-order valence-corrected chi connectivity index (χ0v) is 23.0. The van der Waals surface area contributed by atoms with Crippen LogP contribution in [0.15, 0.2) is 28.5 Å². The second kappa shape index (κ2) is 9.44. The van der Waals surface area contributed by atoms with Crippen molar-refractivity contribution in [3.8, 4) is 0 Å². The lowest BCUT2D eigenvalue weighted by Crippen LogP contribution is -2.49. The average Bonchev–Trinajstić information content (AvgIpc) is 3.24. The zero-order valence-electron chi connectivity index (χ0n) is 21.3. The molecule has 2 heterocycles. The van der Waals surface area contributed by atoms with Gasteiger partial charge in [-0.15, -0.1) is 11.3 Å². The molecule has 0 unspecified atom stereocenters. The molecule has 0 amide bonds. The van der Waals surface area contributed by atoms with Gasteiger partial charge in [-0.25, -0.2) is 13.4 Å². The summed E-state index contributed by atoms with van der Waals surface area (Å²) in [5.41, 5.74) is 10.1. The number of sulfonamides is 1. The van der Waals surface area contributed by atoms with Crippen LogP contribution in [0, 0.1) is 48.5 Å². The van der Waals surface area contributed by atoms with Crippen molar-refractivity contribution < 1.29 is 8.42 Å². The molecule has 0 atom stereocenters. The lowest BCUT2D eigenvalue weighted by Gasteiger charge is -2.34. The summed E-state index contributed by atoms with van der Waals surface area (Å²) in [4.78, 5) is 7.61. The number of piperazine rings is 1. The Morgan fingerprint density at radius 1 is 0.824 bits per heavy atom. The van der Waals surface area contributed by atoms with Gasteiger partial charge in [0.1, 0.15) is 0 Å². The summed E-state index contributed by atoms with van der Waals surface area (Å²) in [5, 5.41) is 3.12. The fourth-order valence-electron chi connectivity index (χ4n) is 5.01. The number of benzene rings is 2. The molecule has 1 saturated heterocycles. The first-order chi connectivity index (χ1) is 16.0. The Kier molecular flexibility index (Phi) is 6.91. The molecule has 0 N–H and O–H groups in total. The van der Waals surface area contributed by atoms with Crippen LogP contribution >= 0.6 is 11.3 Å². The normalized spacial score (nSPS) is 15.2. The smallest absolute Gasteiger partial charge is 0.243 e. The van der Waals surface area contributed by atoms with E-state index in [2.05, 4.69) is 49.3 Å². The highest BCUT2D eigenvalue weighted by atomic mass is 32.2. The van der Waals surface area contributed by atoms with Crippen molar-refractivity contribution in [2.24, 2.45) is 0 Å². The molecule has 0 saturated carbocycles. The van der Waals surface area contributed by atoms with Gasteiger partial charge in [0.2, 0.25) is 10.0 Å². The van der Waals surface area contributed by atoms with Gasteiger partial charge in [0.15, 0.2) is 5.13 Å². The number of anilines is 1. The summed E-state index contributed by atoms with van der Waals surface area (Å²) in [7, 11) is -3.53. The Morgan fingerprint density at radius 3 is 1.94 bits per heavy atom. The summed E-state index contributed by atoms with van der Waals surface area (Å²) in [6.07, 6.45) is 0.827. The monoisotopic (exact) mass is 497 g/mol.